The third-order valence-corrected chi connectivity index (χ3v) is 3.50. The largest absolute Gasteiger partial charge is 0.480 e. The zero-order valence-electron chi connectivity index (χ0n) is 10.9. The number of hydrogen-bond donors (Lipinski definition) is 1. The number of rotatable bonds is 4. The maximum atomic E-state index is 13.0. The first-order valence-corrected chi connectivity index (χ1v) is 7.17. The van der Waals surface area contributed by atoms with E-state index < -0.39 is 11.9 Å². The number of amides is 1. The minimum Gasteiger partial charge on any atom is -0.480 e. The zero-order chi connectivity index (χ0) is 15.4. The van der Waals surface area contributed by atoms with E-state index in [4.69, 9.17) is 16.3 Å². The lowest BCUT2D eigenvalue weighted by molar-refractivity contribution is -0.122. The van der Waals surface area contributed by atoms with Gasteiger partial charge in [0.25, 0.3) is 5.91 Å². The SMILES string of the molecule is C[C@@H](Oc1ccc(F)cc1Br)C(=O)Nc1cccnc1Cl. The van der Waals surface area contributed by atoms with Gasteiger partial charge in [0.1, 0.15) is 11.6 Å². The summed E-state index contributed by atoms with van der Waals surface area (Å²) in [5.74, 6) is -0.411. The van der Waals surface area contributed by atoms with Gasteiger partial charge in [-0.3, -0.25) is 4.79 Å². The number of hydrogen-bond acceptors (Lipinski definition) is 3. The predicted octanol–water partition coefficient (Wildman–Crippen LogP) is 4.04. The summed E-state index contributed by atoms with van der Waals surface area (Å²) in [6, 6.07) is 7.25. The summed E-state index contributed by atoms with van der Waals surface area (Å²) in [5.41, 5.74) is 0.401. The van der Waals surface area contributed by atoms with E-state index in [-0.39, 0.29) is 11.1 Å². The maximum Gasteiger partial charge on any atom is 0.265 e. The number of pyridine rings is 1. The van der Waals surface area contributed by atoms with Crippen molar-refractivity contribution >= 4 is 39.1 Å². The maximum absolute atomic E-state index is 13.0. The molecular weight excluding hydrogens is 363 g/mol. The average Bonchev–Trinajstić information content (AvgIpc) is 2.44. The van der Waals surface area contributed by atoms with Crippen LogP contribution >= 0.6 is 27.5 Å². The van der Waals surface area contributed by atoms with Crippen LogP contribution in [-0.2, 0) is 4.79 Å². The Balaban J connectivity index is 2.04. The Morgan fingerprint density at radius 2 is 2.24 bits per heavy atom. The highest BCUT2D eigenvalue weighted by molar-refractivity contribution is 9.10. The molecule has 1 aromatic carbocycles. The summed E-state index contributed by atoms with van der Waals surface area (Å²) in [4.78, 5) is 15.9. The van der Waals surface area contributed by atoms with Crippen LogP contribution in [0.15, 0.2) is 41.0 Å². The van der Waals surface area contributed by atoms with Crippen LogP contribution in [0.2, 0.25) is 5.15 Å². The van der Waals surface area contributed by atoms with E-state index >= 15 is 0 Å². The third-order valence-electron chi connectivity index (χ3n) is 2.58. The average molecular weight is 374 g/mol. The summed E-state index contributed by atoms with van der Waals surface area (Å²) >= 11 is 9.04. The number of ether oxygens (including phenoxy) is 1. The van der Waals surface area contributed by atoms with Crippen LogP contribution in [0.1, 0.15) is 6.92 Å². The van der Waals surface area contributed by atoms with E-state index in [9.17, 15) is 9.18 Å². The second kappa shape index (κ2) is 6.87. The van der Waals surface area contributed by atoms with Gasteiger partial charge in [0.05, 0.1) is 10.2 Å². The topological polar surface area (TPSA) is 51.2 Å². The summed E-state index contributed by atoms with van der Waals surface area (Å²) in [6.07, 6.45) is 0.733. The Hall–Kier alpha value is -1.66. The molecule has 0 aliphatic carbocycles. The number of carbonyl (C=O) groups excluding carboxylic acids is 1. The number of nitrogens with one attached hydrogen (secondary N) is 1. The second-order valence-electron chi connectivity index (χ2n) is 4.17. The fourth-order valence-electron chi connectivity index (χ4n) is 1.53. The summed E-state index contributed by atoms with van der Waals surface area (Å²) in [6.45, 7) is 1.58. The van der Waals surface area contributed by atoms with Crippen molar-refractivity contribution in [3.63, 3.8) is 0 Å². The van der Waals surface area contributed by atoms with Crippen molar-refractivity contribution in [2.75, 3.05) is 5.32 Å². The molecule has 2 rings (SSSR count). The first-order valence-electron chi connectivity index (χ1n) is 6.00. The number of halogens is 3. The molecule has 0 spiro atoms. The number of anilines is 1. The van der Waals surface area contributed by atoms with Crippen LogP contribution in [0.4, 0.5) is 10.1 Å². The number of carbonyl (C=O) groups is 1. The fourth-order valence-corrected chi connectivity index (χ4v) is 2.14. The minimum absolute atomic E-state index is 0.195. The number of aromatic nitrogens is 1. The lowest BCUT2D eigenvalue weighted by atomic mass is 10.3. The Bertz CT molecular complexity index is 669. The number of benzene rings is 1. The highest BCUT2D eigenvalue weighted by Crippen LogP contribution is 2.26. The van der Waals surface area contributed by atoms with Crippen LogP contribution in [0, 0.1) is 5.82 Å². The van der Waals surface area contributed by atoms with Gasteiger partial charge in [-0.25, -0.2) is 9.37 Å². The van der Waals surface area contributed by atoms with Gasteiger partial charge in [-0.05, 0) is 53.2 Å². The Morgan fingerprint density at radius 1 is 1.48 bits per heavy atom. The van der Waals surface area contributed by atoms with E-state index in [1.807, 2.05) is 0 Å². The van der Waals surface area contributed by atoms with Crippen molar-refractivity contribution in [1.82, 2.24) is 4.98 Å². The molecule has 0 saturated heterocycles. The van der Waals surface area contributed by atoms with Gasteiger partial charge in [-0.15, -0.1) is 0 Å². The molecule has 1 heterocycles. The van der Waals surface area contributed by atoms with Crippen molar-refractivity contribution < 1.29 is 13.9 Å². The van der Waals surface area contributed by atoms with Gasteiger partial charge in [0.2, 0.25) is 0 Å². The van der Waals surface area contributed by atoms with Crippen LogP contribution in [0.5, 0.6) is 5.75 Å². The molecule has 0 fully saturated rings. The summed E-state index contributed by atoms with van der Waals surface area (Å²) < 4.78 is 18.9. The van der Waals surface area contributed by atoms with Crippen LogP contribution in [0.25, 0.3) is 0 Å². The van der Waals surface area contributed by atoms with Crippen LogP contribution in [0.3, 0.4) is 0 Å². The van der Waals surface area contributed by atoms with Crippen molar-refractivity contribution in [3.05, 3.63) is 52.0 Å². The predicted molar refractivity (Wildman–Crippen MR) is 82.1 cm³/mol. The molecule has 2 aromatic rings. The van der Waals surface area contributed by atoms with E-state index in [0.717, 1.165) is 0 Å². The molecule has 0 aliphatic rings. The molecule has 0 aliphatic heterocycles. The molecule has 0 saturated carbocycles. The molecule has 1 atom stereocenters. The van der Waals surface area contributed by atoms with Gasteiger partial charge in [-0.2, -0.15) is 0 Å². The van der Waals surface area contributed by atoms with Crippen molar-refractivity contribution in [2.24, 2.45) is 0 Å². The second-order valence-corrected chi connectivity index (χ2v) is 5.38. The van der Waals surface area contributed by atoms with Crippen molar-refractivity contribution in [1.29, 1.82) is 0 Å². The number of nitrogens with zero attached hydrogens (tertiary/aromatic N) is 1. The van der Waals surface area contributed by atoms with E-state index in [0.29, 0.717) is 15.9 Å². The molecule has 1 N–H and O–H groups in total. The Morgan fingerprint density at radius 3 is 2.90 bits per heavy atom. The van der Waals surface area contributed by atoms with Crippen LogP contribution in [-0.4, -0.2) is 17.0 Å². The molecule has 1 aromatic heterocycles. The monoisotopic (exact) mass is 372 g/mol. The van der Waals surface area contributed by atoms with Crippen molar-refractivity contribution in [3.8, 4) is 5.75 Å². The summed E-state index contributed by atoms with van der Waals surface area (Å²) in [5, 5.41) is 2.81. The Labute approximate surface area is 134 Å². The lowest BCUT2D eigenvalue weighted by Gasteiger charge is -2.16. The molecule has 7 heteroatoms. The molecule has 0 radical (unpaired) electrons. The standard InChI is InChI=1S/C14H11BrClFN2O2/c1-8(21-12-5-4-9(17)7-10(12)15)14(20)19-11-3-2-6-18-13(11)16/h2-8H,1H3,(H,19,20)/t8-/m1/s1. The van der Waals surface area contributed by atoms with Crippen molar-refractivity contribution in [2.45, 2.75) is 13.0 Å². The summed E-state index contributed by atoms with van der Waals surface area (Å²) in [7, 11) is 0. The van der Waals surface area contributed by atoms with Crippen LogP contribution < -0.4 is 10.1 Å². The Kier molecular flexibility index (Phi) is 5.14. The highest BCUT2D eigenvalue weighted by Gasteiger charge is 2.17. The lowest BCUT2D eigenvalue weighted by Crippen LogP contribution is -2.30. The van der Waals surface area contributed by atoms with Gasteiger partial charge >= 0.3 is 0 Å². The molecule has 4 nitrogen and oxygen atoms in total. The van der Waals surface area contributed by atoms with Gasteiger partial charge in [0.15, 0.2) is 11.3 Å². The molecule has 0 unspecified atom stereocenters. The smallest absolute Gasteiger partial charge is 0.265 e. The van der Waals surface area contributed by atoms with Gasteiger partial charge in [0, 0.05) is 6.20 Å². The normalized spacial score (nSPS) is 11.8. The van der Waals surface area contributed by atoms with Gasteiger partial charge in [-0.1, -0.05) is 11.6 Å². The molecule has 110 valence electrons. The quantitative estimate of drug-likeness (QED) is 0.823. The first kappa shape index (κ1) is 15.7. The minimum atomic E-state index is -0.789. The molecular formula is C14H11BrClFN2O2. The van der Waals surface area contributed by atoms with E-state index in [1.165, 1.54) is 24.4 Å². The van der Waals surface area contributed by atoms with E-state index in [1.54, 1.807) is 19.1 Å². The molecule has 0 bridgehead atoms. The fraction of sp³-hybridized carbons (Fsp3) is 0.143. The van der Waals surface area contributed by atoms with Gasteiger partial charge < -0.3 is 10.1 Å². The third kappa shape index (κ3) is 4.15. The molecule has 21 heavy (non-hydrogen) atoms. The zero-order valence-corrected chi connectivity index (χ0v) is 13.3. The molecule has 1 amide bonds. The highest BCUT2D eigenvalue weighted by atomic mass is 79.9. The first-order chi connectivity index (χ1) is 9.97. The van der Waals surface area contributed by atoms with E-state index in [2.05, 4.69) is 26.2 Å².